The third-order valence-corrected chi connectivity index (χ3v) is 18.4. The van der Waals surface area contributed by atoms with E-state index in [2.05, 4.69) is 37.2 Å². The number of carboxylic acid groups (broad SMARTS) is 1. The van der Waals surface area contributed by atoms with Crippen molar-refractivity contribution in [3.05, 3.63) is 117 Å². The first-order chi connectivity index (χ1) is 47.7. The number of phenolic OH excluding ortho intramolecular Hbond substituents is 3. The fraction of sp³-hybridized carbons (Fsp3) is 0.424. The first-order valence-corrected chi connectivity index (χ1v) is 32.4. The average molecular weight is 1490 g/mol. The highest BCUT2D eigenvalue weighted by molar-refractivity contribution is 6.32. The monoisotopic (exact) mass is 1480 g/mol. The molecule has 21 N–H and O–H groups in total. The van der Waals surface area contributed by atoms with Crippen LogP contribution in [0.15, 0.2) is 78.9 Å². The topological polar surface area (TPSA) is 530 Å². The van der Waals surface area contributed by atoms with Crippen molar-refractivity contribution in [1.29, 1.82) is 0 Å². The molecule has 18 atom stereocenters. The molecule has 0 aromatic heterocycles. The van der Waals surface area contributed by atoms with E-state index in [0.717, 1.165) is 66.7 Å². The fourth-order valence-corrected chi connectivity index (χ4v) is 12.9. The summed E-state index contributed by atoms with van der Waals surface area (Å²) in [4.78, 5) is 117. The molecular weight excluding hydrogens is 1410 g/mol. The maximum absolute atomic E-state index is 16.0. The Morgan fingerprint density at radius 3 is 1.89 bits per heavy atom. The zero-order valence-electron chi connectivity index (χ0n) is 54.7. The summed E-state index contributed by atoms with van der Waals surface area (Å²) in [5.74, 6) is -16.0. The van der Waals surface area contributed by atoms with Gasteiger partial charge in [0.2, 0.25) is 53.4 Å². The lowest BCUT2D eigenvalue weighted by atomic mass is 9.86. The highest BCUT2D eigenvalue weighted by Gasteiger charge is 2.51. The van der Waals surface area contributed by atoms with Gasteiger partial charge in [0.05, 0.1) is 41.3 Å². The number of carbonyl (C=O) groups is 8. The summed E-state index contributed by atoms with van der Waals surface area (Å²) >= 11 is 14.1. The summed E-state index contributed by atoms with van der Waals surface area (Å²) in [7, 11) is 1.47. The number of rotatable bonds is 13. The number of primary amides is 1. The van der Waals surface area contributed by atoms with E-state index in [1.807, 2.05) is 13.8 Å². The van der Waals surface area contributed by atoms with E-state index in [1.165, 1.54) is 33.0 Å². The molecule has 12 rings (SSSR count). The van der Waals surface area contributed by atoms with E-state index in [9.17, 15) is 75.0 Å². The summed E-state index contributed by atoms with van der Waals surface area (Å²) in [5, 5.41) is 131. The Morgan fingerprint density at radius 1 is 0.716 bits per heavy atom. The molecule has 0 saturated carbocycles. The van der Waals surface area contributed by atoms with E-state index in [0.29, 0.717) is 0 Å². The van der Waals surface area contributed by atoms with Crippen LogP contribution in [0.2, 0.25) is 10.0 Å². The summed E-state index contributed by atoms with van der Waals surface area (Å²) in [6.45, 7) is 5.66. The summed E-state index contributed by atoms with van der Waals surface area (Å²) in [6.07, 6.45) is -18.6. The van der Waals surface area contributed by atoms with Gasteiger partial charge in [0, 0.05) is 34.7 Å². The zero-order chi connectivity index (χ0) is 73.5. The van der Waals surface area contributed by atoms with Crippen molar-refractivity contribution < 1.29 is 118 Å². The Morgan fingerprint density at radius 2 is 1.31 bits per heavy atom. The van der Waals surface area contributed by atoms with Crippen LogP contribution in [0.1, 0.15) is 105 Å². The maximum atomic E-state index is 16.0. The van der Waals surface area contributed by atoms with Crippen molar-refractivity contribution in [1.82, 2.24) is 37.2 Å². The van der Waals surface area contributed by atoms with Crippen LogP contribution in [0.5, 0.6) is 46.0 Å². The number of carbonyl (C=O) groups excluding carboxylic acids is 7. The van der Waals surface area contributed by atoms with Gasteiger partial charge in [0.1, 0.15) is 89.5 Å². The first-order valence-electron chi connectivity index (χ1n) is 31.6. The number of hydrogen-bond acceptors (Lipinski definition) is 25. The number of carboxylic acids is 1. The number of benzene rings is 5. The summed E-state index contributed by atoms with van der Waals surface area (Å²) in [6, 6.07) is -0.679. The minimum Gasteiger partial charge on any atom is -0.508 e. The SMILES string of the molecule is CN[C@H](CC(C)C)C(=O)N[C@H]1C(=O)N[C@@H](CC(N)=O)C(=O)N[C@H]2C(=O)N[C@H]3C(=O)N[C@H](C(=O)N[C@@H](C(=O)O)c4cc(O)cc(O)c4-c4cc3ccc4O)[C@H](O)c3ccc(c(Cl)c3)Oc3cc2cc(c3O[C@@H]2O[C@H](CO)[C@@H](O)[C@H](O)[C@H]2O[C@H]2C[C@](C)(N)C(O)[C@H](C)O2)Oc2ccc(cc2Cl)[C@H]1O.Cl. The lowest BCUT2D eigenvalue weighted by Gasteiger charge is -2.47. The molecule has 5 aromatic carbocycles. The van der Waals surface area contributed by atoms with E-state index in [4.69, 9.17) is 63.1 Å². The molecule has 7 aliphatic heterocycles. The second-order valence-corrected chi connectivity index (χ2v) is 26.5. The highest BCUT2D eigenvalue weighted by Crippen LogP contribution is 2.50. The van der Waals surface area contributed by atoms with Crippen LogP contribution < -0.4 is 62.9 Å². The number of aliphatic hydroxyl groups excluding tert-OH is 6. The van der Waals surface area contributed by atoms with Crippen LogP contribution in [0.4, 0.5) is 0 Å². The number of nitrogens with one attached hydrogen (secondary N) is 7. The third-order valence-electron chi connectivity index (χ3n) is 17.8. The molecule has 0 radical (unpaired) electrons. The normalized spacial score (nSPS) is 29.1. The number of aromatic hydroxyl groups is 3. The Kier molecular flexibility index (Phi) is 23.8. The molecular formula is C66H76Cl3N9O24. The minimum atomic E-state index is -2.35. The van der Waals surface area contributed by atoms with E-state index >= 15 is 14.4 Å². The van der Waals surface area contributed by atoms with Crippen molar-refractivity contribution in [2.24, 2.45) is 17.4 Å². The van der Waals surface area contributed by atoms with Crippen molar-refractivity contribution >= 4 is 82.9 Å². The molecule has 36 heteroatoms. The number of halogens is 3. The molecule has 33 nitrogen and oxygen atoms in total. The van der Waals surface area contributed by atoms with Gasteiger partial charge < -0.3 is 128 Å². The summed E-state index contributed by atoms with van der Waals surface area (Å²) in [5.41, 5.74) is 8.00. The molecule has 1 unspecified atom stereocenters. The number of likely N-dealkylation sites (N-methyl/N-ethyl adjacent to an activating group) is 1. The van der Waals surface area contributed by atoms with Gasteiger partial charge in [0.25, 0.3) is 0 Å². The van der Waals surface area contributed by atoms with Crippen LogP contribution in [0, 0.1) is 5.92 Å². The van der Waals surface area contributed by atoms with Crippen LogP contribution >= 0.6 is 35.6 Å². The Labute approximate surface area is 596 Å². The first kappa shape index (κ1) is 77.3. The van der Waals surface area contributed by atoms with Crippen LogP contribution in [0.25, 0.3) is 11.1 Å². The molecule has 0 aliphatic carbocycles. The van der Waals surface area contributed by atoms with E-state index in [1.54, 1.807) is 0 Å². The van der Waals surface area contributed by atoms with Crippen molar-refractivity contribution in [3.63, 3.8) is 0 Å². The number of fused-ring (bicyclic) bond motifs is 15. The van der Waals surface area contributed by atoms with Crippen molar-refractivity contribution in [2.75, 3.05) is 13.7 Å². The Balaban J connectivity index is 0.0000121. The Bertz CT molecular complexity index is 4080. The van der Waals surface area contributed by atoms with Gasteiger partial charge in [-0.1, -0.05) is 55.2 Å². The predicted molar refractivity (Wildman–Crippen MR) is 357 cm³/mol. The van der Waals surface area contributed by atoms with Gasteiger partial charge in [0.15, 0.2) is 29.9 Å². The molecule has 550 valence electrons. The largest absolute Gasteiger partial charge is 0.508 e. The molecule has 2 saturated heterocycles. The average Bonchev–Trinajstić information content (AvgIpc) is 0.773. The molecule has 0 spiro atoms. The van der Waals surface area contributed by atoms with Gasteiger partial charge in [-0.3, -0.25) is 33.6 Å². The van der Waals surface area contributed by atoms with Gasteiger partial charge in [-0.15, -0.1) is 12.4 Å². The molecule has 2 fully saturated rings. The predicted octanol–water partition coefficient (Wildman–Crippen LogP) is 0.528. The molecule has 7 aliphatic rings. The number of aliphatic carboxylic acids is 1. The highest BCUT2D eigenvalue weighted by atomic mass is 35.5. The lowest BCUT2D eigenvalue weighted by molar-refractivity contribution is -0.333. The molecule has 11 bridgehead atoms. The lowest BCUT2D eigenvalue weighted by Crippen LogP contribution is -2.64. The number of amides is 7. The van der Waals surface area contributed by atoms with Gasteiger partial charge >= 0.3 is 5.97 Å². The third kappa shape index (κ3) is 16.3. The molecule has 102 heavy (non-hydrogen) atoms. The van der Waals surface area contributed by atoms with Gasteiger partial charge in [-0.25, -0.2) is 4.79 Å². The maximum Gasteiger partial charge on any atom is 0.330 e. The van der Waals surface area contributed by atoms with Crippen LogP contribution in [-0.4, -0.2) is 191 Å². The molecule has 7 heterocycles. The van der Waals surface area contributed by atoms with E-state index < -0.39 is 237 Å². The number of phenols is 3. The standard InChI is InChI=1S/C66H75Cl2N9O24.ClH/c1-23(2)12-34(71-5)58(88)76-49-51(83)26-7-10-38(32(67)14-26)97-40-16-28-17-41(55(40)101-65-56(54(86)53(85)42(22-78)99-65)100-44-21-66(4,70)57(87)24(3)96-44)98-39-11-8-27(15-33(39)68)52(84)50-63(93)75-48(64(94)95)31-18-29(79)19-37(81)45(31)30-13-25(6-9-36(30)80)46(60(90)77-50)74-61(91)47(28)73-59(89)35(20-43(69)82)72-62(49)92;/h6-11,13-19,23-24,34-35,42,44,46-54,56-57,65,71,78-81,83-87H,12,20-22,70H2,1-5H3,(H2,69,82)(H,72,92)(H,73,89)(H,74,91)(H,75,93)(H,76,88)(H,77,90)(H,94,95);1H/t24-,34+,35-,42+,44-,46+,47+,48+,49+,50-,51+,52+,53+,54-,56+,57?,65-,66-;/m0./s1. The number of nitrogens with two attached hydrogens (primary N) is 2. The Hall–Kier alpha value is -8.91. The number of hydrogen-bond donors (Lipinski definition) is 19. The number of ether oxygens (including phenoxy) is 6. The number of aliphatic hydroxyl groups is 6. The molecule has 7 amide bonds. The summed E-state index contributed by atoms with van der Waals surface area (Å²) < 4.78 is 38.3. The molecule has 5 aromatic rings. The smallest absolute Gasteiger partial charge is 0.330 e. The van der Waals surface area contributed by atoms with Gasteiger partial charge in [-0.2, -0.15) is 0 Å². The van der Waals surface area contributed by atoms with E-state index in [-0.39, 0.29) is 58.6 Å². The van der Waals surface area contributed by atoms with Crippen molar-refractivity contribution in [2.45, 2.75) is 156 Å². The fourth-order valence-electron chi connectivity index (χ4n) is 12.5. The van der Waals surface area contributed by atoms with Crippen LogP contribution in [0.3, 0.4) is 0 Å². The second-order valence-electron chi connectivity index (χ2n) is 25.7. The second kappa shape index (κ2) is 31.4. The van der Waals surface area contributed by atoms with Gasteiger partial charge in [-0.05, 0) is 110 Å². The van der Waals surface area contributed by atoms with Crippen LogP contribution in [-0.2, 0) is 52.6 Å². The minimum absolute atomic E-state index is 0. The quantitative estimate of drug-likeness (QED) is 0.0764. The van der Waals surface area contributed by atoms with Crippen molar-refractivity contribution in [3.8, 4) is 57.1 Å². The zero-order valence-corrected chi connectivity index (χ0v) is 57.1.